The first-order valence-corrected chi connectivity index (χ1v) is 3.64. The fraction of sp³-hybridized carbons (Fsp3) is 1.00. The van der Waals surface area contributed by atoms with E-state index in [1.807, 2.05) is 0 Å². The van der Waals surface area contributed by atoms with Gasteiger partial charge in [-0.3, -0.25) is 0 Å². The molecule has 0 aromatic rings. The van der Waals surface area contributed by atoms with Gasteiger partial charge in [0.05, 0.1) is 6.10 Å². The second-order valence-electron chi connectivity index (χ2n) is 3.02. The lowest BCUT2D eigenvalue weighted by atomic mass is 9.97. The van der Waals surface area contributed by atoms with Gasteiger partial charge in [0.25, 0.3) is 0 Å². The van der Waals surface area contributed by atoms with Crippen LogP contribution >= 0.6 is 0 Å². The molecule has 54 valence electrons. The van der Waals surface area contributed by atoms with Crippen molar-refractivity contribution in [2.45, 2.75) is 25.9 Å². The molecule has 1 rings (SSSR count). The normalized spacial score (nSPS) is 43.7. The lowest BCUT2D eigenvalue weighted by Gasteiger charge is -2.15. The van der Waals surface area contributed by atoms with Gasteiger partial charge in [0, 0.05) is 0 Å². The smallest absolute Gasteiger partial charge is 0.0583 e. The molecular weight excluding hydrogens is 114 g/mol. The third-order valence-electron chi connectivity index (χ3n) is 2.42. The van der Waals surface area contributed by atoms with E-state index in [4.69, 9.17) is 5.73 Å². The van der Waals surface area contributed by atoms with Crippen LogP contribution in [-0.2, 0) is 0 Å². The number of aliphatic hydroxyl groups is 1. The molecule has 2 heteroatoms. The molecule has 1 saturated carbocycles. The van der Waals surface area contributed by atoms with Crippen molar-refractivity contribution in [2.24, 2.45) is 17.6 Å². The van der Waals surface area contributed by atoms with E-state index in [1.165, 1.54) is 0 Å². The molecule has 1 aliphatic rings. The Morgan fingerprint density at radius 1 is 1.56 bits per heavy atom. The summed E-state index contributed by atoms with van der Waals surface area (Å²) < 4.78 is 0. The Balaban J connectivity index is 2.44. The van der Waals surface area contributed by atoms with Crippen LogP contribution in [-0.4, -0.2) is 17.8 Å². The molecule has 1 fully saturated rings. The lowest BCUT2D eigenvalue weighted by molar-refractivity contribution is 0.124. The summed E-state index contributed by atoms with van der Waals surface area (Å²) in [5, 5.41) is 9.28. The van der Waals surface area contributed by atoms with Gasteiger partial charge in [0.15, 0.2) is 0 Å². The van der Waals surface area contributed by atoms with E-state index in [-0.39, 0.29) is 6.10 Å². The summed E-state index contributed by atoms with van der Waals surface area (Å²) in [6.45, 7) is 2.80. The zero-order chi connectivity index (χ0) is 6.85. The van der Waals surface area contributed by atoms with Gasteiger partial charge in [-0.25, -0.2) is 0 Å². The van der Waals surface area contributed by atoms with Crippen LogP contribution in [0.15, 0.2) is 0 Å². The first kappa shape index (κ1) is 7.03. The number of hydrogen-bond donors (Lipinski definition) is 2. The quantitative estimate of drug-likeness (QED) is 0.536. The van der Waals surface area contributed by atoms with Gasteiger partial charge >= 0.3 is 0 Å². The van der Waals surface area contributed by atoms with Crippen LogP contribution in [0.3, 0.4) is 0 Å². The minimum absolute atomic E-state index is 0.120. The summed E-state index contributed by atoms with van der Waals surface area (Å²) >= 11 is 0. The van der Waals surface area contributed by atoms with E-state index in [0.29, 0.717) is 18.4 Å². The highest BCUT2D eigenvalue weighted by Crippen LogP contribution is 2.30. The molecule has 3 N–H and O–H groups in total. The average Bonchev–Trinajstić information content (AvgIpc) is 2.12. The van der Waals surface area contributed by atoms with Crippen molar-refractivity contribution >= 4 is 0 Å². The Labute approximate surface area is 56.1 Å². The molecule has 0 aromatic heterocycles. The van der Waals surface area contributed by atoms with Gasteiger partial charge in [0.2, 0.25) is 0 Å². The molecule has 0 bridgehead atoms. The minimum Gasteiger partial charge on any atom is -0.393 e. The Morgan fingerprint density at radius 2 is 2.22 bits per heavy atom. The third-order valence-corrected chi connectivity index (χ3v) is 2.42. The number of aliphatic hydroxyl groups excluding tert-OH is 1. The Bertz CT molecular complexity index is 84.9. The molecule has 0 amide bonds. The van der Waals surface area contributed by atoms with Crippen LogP contribution in [0.5, 0.6) is 0 Å². The van der Waals surface area contributed by atoms with Crippen LogP contribution in [0.25, 0.3) is 0 Å². The summed E-state index contributed by atoms with van der Waals surface area (Å²) in [7, 11) is 0. The molecule has 1 aliphatic carbocycles. The molecule has 0 spiro atoms. The minimum atomic E-state index is -0.120. The Hall–Kier alpha value is -0.0800. The van der Waals surface area contributed by atoms with Crippen LogP contribution in [0.4, 0.5) is 0 Å². The fourth-order valence-corrected chi connectivity index (χ4v) is 1.63. The van der Waals surface area contributed by atoms with Crippen molar-refractivity contribution in [1.29, 1.82) is 0 Å². The SMILES string of the molecule is C[C@@H]1CC[C@@H](O)[C@@H]1CN. The molecule has 0 aliphatic heterocycles. The molecular formula is C7H15NO. The second-order valence-corrected chi connectivity index (χ2v) is 3.02. The van der Waals surface area contributed by atoms with Crippen molar-refractivity contribution < 1.29 is 5.11 Å². The highest BCUT2D eigenvalue weighted by molar-refractivity contribution is 4.82. The van der Waals surface area contributed by atoms with Crippen molar-refractivity contribution in [1.82, 2.24) is 0 Å². The fourth-order valence-electron chi connectivity index (χ4n) is 1.63. The highest BCUT2D eigenvalue weighted by atomic mass is 16.3. The van der Waals surface area contributed by atoms with E-state index < -0.39 is 0 Å². The molecule has 2 nitrogen and oxygen atoms in total. The van der Waals surface area contributed by atoms with Gasteiger partial charge in [-0.05, 0) is 31.2 Å². The Kier molecular flexibility index (Phi) is 2.09. The van der Waals surface area contributed by atoms with Crippen LogP contribution in [0.2, 0.25) is 0 Å². The van der Waals surface area contributed by atoms with Crippen LogP contribution in [0.1, 0.15) is 19.8 Å². The van der Waals surface area contributed by atoms with Gasteiger partial charge in [-0.2, -0.15) is 0 Å². The summed E-state index contributed by atoms with van der Waals surface area (Å²) in [4.78, 5) is 0. The topological polar surface area (TPSA) is 46.2 Å². The van der Waals surface area contributed by atoms with Crippen LogP contribution < -0.4 is 5.73 Å². The molecule has 0 aromatic carbocycles. The lowest BCUT2D eigenvalue weighted by Crippen LogP contribution is -2.26. The predicted octanol–water partition coefficient (Wildman–Crippen LogP) is 0.352. The van der Waals surface area contributed by atoms with Crippen molar-refractivity contribution in [2.75, 3.05) is 6.54 Å². The first-order chi connectivity index (χ1) is 4.25. The third kappa shape index (κ3) is 1.25. The van der Waals surface area contributed by atoms with Gasteiger partial charge in [-0.15, -0.1) is 0 Å². The average molecular weight is 129 g/mol. The van der Waals surface area contributed by atoms with E-state index >= 15 is 0 Å². The molecule has 3 atom stereocenters. The zero-order valence-corrected chi connectivity index (χ0v) is 5.88. The maximum absolute atomic E-state index is 9.28. The van der Waals surface area contributed by atoms with Gasteiger partial charge in [0.1, 0.15) is 0 Å². The van der Waals surface area contributed by atoms with Crippen LogP contribution in [0, 0.1) is 11.8 Å². The van der Waals surface area contributed by atoms with Crippen molar-refractivity contribution in [3.05, 3.63) is 0 Å². The molecule has 9 heavy (non-hydrogen) atoms. The van der Waals surface area contributed by atoms with Gasteiger partial charge < -0.3 is 10.8 Å². The Morgan fingerprint density at radius 3 is 2.44 bits per heavy atom. The molecule has 0 unspecified atom stereocenters. The number of rotatable bonds is 1. The van der Waals surface area contributed by atoms with E-state index in [2.05, 4.69) is 6.92 Å². The number of nitrogens with two attached hydrogens (primary N) is 1. The molecule has 0 heterocycles. The zero-order valence-electron chi connectivity index (χ0n) is 5.88. The highest BCUT2D eigenvalue weighted by Gasteiger charge is 2.30. The monoisotopic (exact) mass is 129 g/mol. The standard InChI is InChI=1S/C7H15NO/c1-5-2-3-7(9)6(5)4-8/h5-7,9H,2-4,8H2,1H3/t5-,6-,7-/m1/s1. The largest absolute Gasteiger partial charge is 0.393 e. The van der Waals surface area contributed by atoms with Gasteiger partial charge in [-0.1, -0.05) is 6.92 Å². The summed E-state index contributed by atoms with van der Waals surface area (Å²) in [6.07, 6.45) is 1.97. The molecule has 0 radical (unpaired) electrons. The van der Waals surface area contributed by atoms with Crippen molar-refractivity contribution in [3.63, 3.8) is 0 Å². The van der Waals surface area contributed by atoms with E-state index in [1.54, 1.807) is 0 Å². The molecule has 0 saturated heterocycles. The predicted molar refractivity (Wildman–Crippen MR) is 36.9 cm³/mol. The van der Waals surface area contributed by atoms with Crippen molar-refractivity contribution in [3.8, 4) is 0 Å². The van der Waals surface area contributed by atoms with E-state index in [0.717, 1.165) is 12.8 Å². The summed E-state index contributed by atoms with van der Waals surface area (Å²) in [5.41, 5.74) is 5.45. The summed E-state index contributed by atoms with van der Waals surface area (Å²) in [6, 6.07) is 0. The van der Waals surface area contributed by atoms with E-state index in [9.17, 15) is 5.11 Å². The first-order valence-electron chi connectivity index (χ1n) is 3.64. The number of hydrogen-bond acceptors (Lipinski definition) is 2. The summed E-state index contributed by atoms with van der Waals surface area (Å²) in [5.74, 6) is 0.995. The second kappa shape index (κ2) is 2.67. The maximum Gasteiger partial charge on any atom is 0.0583 e. The maximum atomic E-state index is 9.28.